The zero-order valence-electron chi connectivity index (χ0n) is 13.4. The first-order valence-corrected chi connectivity index (χ1v) is 7.40. The number of hydrogen-bond acceptors (Lipinski definition) is 5. The number of terminal acetylenes is 1. The van der Waals surface area contributed by atoms with E-state index in [4.69, 9.17) is 6.42 Å². The summed E-state index contributed by atoms with van der Waals surface area (Å²) in [6.07, 6.45) is 6.73. The van der Waals surface area contributed by atoms with Gasteiger partial charge in [0, 0.05) is 11.9 Å². The molecule has 124 valence electrons. The average molecular weight is 334 g/mol. The molecule has 2 N–H and O–H groups in total. The molecule has 2 amide bonds. The van der Waals surface area contributed by atoms with Crippen LogP contribution in [0.25, 0.3) is 5.78 Å². The van der Waals surface area contributed by atoms with Crippen molar-refractivity contribution in [2.75, 3.05) is 11.9 Å². The third-order valence-electron chi connectivity index (χ3n) is 3.40. The topological polar surface area (TPSA) is 101 Å². The van der Waals surface area contributed by atoms with Crippen LogP contribution in [0.1, 0.15) is 26.7 Å². The Morgan fingerprint density at radius 3 is 2.80 bits per heavy atom. The summed E-state index contributed by atoms with van der Waals surface area (Å²) in [6.45, 7) is 1.93. The lowest BCUT2D eigenvalue weighted by atomic mass is 10.1. The van der Waals surface area contributed by atoms with Crippen LogP contribution in [-0.4, -0.2) is 37.9 Å². The zero-order valence-corrected chi connectivity index (χ0v) is 13.4. The summed E-state index contributed by atoms with van der Waals surface area (Å²) in [5, 5.41) is 9.34. The van der Waals surface area contributed by atoms with Gasteiger partial charge in [-0.25, -0.2) is 9.50 Å². The molecule has 3 rings (SSSR count). The van der Waals surface area contributed by atoms with Crippen molar-refractivity contribution in [2.45, 2.75) is 6.92 Å². The fourth-order valence-electron chi connectivity index (χ4n) is 2.20. The number of rotatable bonds is 4. The number of amides is 2. The van der Waals surface area contributed by atoms with E-state index in [1.165, 1.54) is 4.52 Å². The standard InChI is InChI=1S/C17H14N6O2/c1-3-9-18-15(24)12-6-4-5-7-13(12)20-16(25)14-21-17-19-10-8-11(2)23(17)22-14/h1,4-8,10H,9H2,2H3,(H,18,24)(H,20,25). The van der Waals surface area contributed by atoms with Crippen molar-refractivity contribution < 1.29 is 9.59 Å². The Balaban J connectivity index is 1.86. The molecular weight excluding hydrogens is 320 g/mol. The van der Waals surface area contributed by atoms with Gasteiger partial charge in [-0.1, -0.05) is 18.1 Å². The zero-order chi connectivity index (χ0) is 17.8. The first-order chi connectivity index (χ1) is 12.1. The molecule has 8 heteroatoms. The highest BCUT2D eigenvalue weighted by atomic mass is 16.2. The van der Waals surface area contributed by atoms with E-state index in [1.54, 1.807) is 36.5 Å². The molecule has 0 unspecified atom stereocenters. The molecule has 2 aromatic heterocycles. The highest BCUT2D eigenvalue weighted by Crippen LogP contribution is 2.16. The number of anilines is 1. The van der Waals surface area contributed by atoms with Gasteiger partial charge in [0.2, 0.25) is 5.82 Å². The van der Waals surface area contributed by atoms with Crippen LogP contribution in [-0.2, 0) is 0 Å². The van der Waals surface area contributed by atoms with E-state index in [-0.39, 0.29) is 18.3 Å². The molecule has 25 heavy (non-hydrogen) atoms. The van der Waals surface area contributed by atoms with Crippen LogP contribution in [0.5, 0.6) is 0 Å². The summed E-state index contributed by atoms with van der Waals surface area (Å²) in [6, 6.07) is 8.36. The highest BCUT2D eigenvalue weighted by molar-refractivity contribution is 6.07. The number of para-hydroxylation sites is 1. The van der Waals surface area contributed by atoms with Gasteiger partial charge in [-0.05, 0) is 25.1 Å². The number of carbonyl (C=O) groups is 2. The maximum absolute atomic E-state index is 12.4. The predicted octanol–water partition coefficient (Wildman–Crippen LogP) is 1.05. The van der Waals surface area contributed by atoms with Crippen molar-refractivity contribution in [1.82, 2.24) is 24.9 Å². The third kappa shape index (κ3) is 3.30. The number of aromatic nitrogens is 4. The number of nitrogens with one attached hydrogen (secondary N) is 2. The van der Waals surface area contributed by atoms with Crippen molar-refractivity contribution in [3.05, 3.63) is 53.6 Å². The van der Waals surface area contributed by atoms with Crippen molar-refractivity contribution >= 4 is 23.3 Å². The SMILES string of the molecule is C#CCNC(=O)c1ccccc1NC(=O)c1nc2nccc(C)n2n1. The number of hydrogen-bond donors (Lipinski definition) is 2. The Kier molecular flexibility index (Phi) is 4.39. The van der Waals surface area contributed by atoms with Gasteiger partial charge in [0.15, 0.2) is 0 Å². The molecule has 0 aliphatic rings. The van der Waals surface area contributed by atoms with Gasteiger partial charge in [0.05, 0.1) is 17.8 Å². The van der Waals surface area contributed by atoms with Gasteiger partial charge in [0.1, 0.15) is 0 Å². The predicted molar refractivity (Wildman–Crippen MR) is 91.1 cm³/mol. The Labute approximate surface area is 143 Å². The lowest BCUT2D eigenvalue weighted by Gasteiger charge is -2.09. The molecule has 0 atom stereocenters. The van der Waals surface area contributed by atoms with Gasteiger partial charge in [-0.2, -0.15) is 4.98 Å². The molecule has 0 aliphatic heterocycles. The van der Waals surface area contributed by atoms with E-state index in [9.17, 15) is 9.59 Å². The Bertz CT molecular complexity index is 1000. The second-order valence-electron chi connectivity index (χ2n) is 5.12. The highest BCUT2D eigenvalue weighted by Gasteiger charge is 2.17. The van der Waals surface area contributed by atoms with E-state index in [0.717, 1.165) is 5.69 Å². The minimum atomic E-state index is -0.540. The van der Waals surface area contributed by atoms with Crippen LogP contribution in [0.2, 0.25) is 0 Å². The van der Waals surface area contributed by atoms with Crippen molar-refractivity contribution in [2.24, 2.45) is 0 Å². The van der Waals surface area contributed by atoms with E-state index in [2.05, 4.69) is 31.6 Å². The van der Waals surface area contributed by atoms with Gasteiger partial charge in [-0.15, -0.1) is 11.5 Å². The number of aryl methyl sites for hydroxylation is 1. The second kappa shape index (κ2) is 6.80. The van der Waals surface area contributed by atoms with Crippen LogP contribution in [0, 0.1) is 19.3 Å². The van der Waals surface area contributed by atoms with E-state index >= 15 is 0 Å². The third-order valence-corrected chi connectivity index (χ3v) is 3.40. The second-order valence-corrected chi connectivity index (χ2v) is 5.12. The molecule has 3 aromatic rings. The van der Waals surface area contributed by atoms with Crippen molar-refractivity contribution in [1.29, 1.82) is 0 Å². The van der Waals surface area contributed by atoms with Crippen LogP contribution >= 0.6 is 0 Å². The minimum absolute atomic E-state index is 0.0411. The molecule has 0 fully saturated rings. The van der Waals surface area contributed by atoms with Crippen LogP contribution in [0.4, 0.5) is 5.69 Å². The number of nitrogens with zero attached hydrogens (tertiary/aromatic N) is 4. The molecule has 1 aromatic carbocycles. The Hall–Kier alpha value is -3.73. The number of carbonyl (C=O) groups excluding carboxylic acids is 2. The lowest BCUT2D eigenvalue weighted by Crippen LogP contribution is -2.25. The fraction of sp³-hybridized carbons (Fsp3) is 0.118. The average Bonchev–Trinajstić information content (AvgIpc) is 3.06. The summed E-state index contributed by atoms with van der Waals surface area (Å²) < 4.78 is 1.47. The van der Waals surface area contributed by atoms with Crippen molar-refractivity contribution in [3.8, 4) is 12.3 Å². The largest absolute Gasteiger partial charge is 0.341 e. The maximum atomic E-state index is 12.4. The molecular formula is C17H14N6O2. The molecule has 0 radical (unpaired) electrons. The monoisotopic (exact) mass is 334 g/mol. The number of benzene rings is 1. The summed E-state index contributed by atoms with van der Waals surface area (Å²) in [5.41, 5.74) is 1.43. The first-order valence-electron chi connectivity index (χ1n) is 7.40. The fourth-order valence-corrected chi connectivity index (χ4v) is 2.20. The summed E-state index contributed by atoms with van der Waals surface area (Å²) in [7, 11) is 0. The maximum Gasteiger partial charge on any atom is 0.295 e. The van der Waals surface area contributed by atoms with Crippen LogP contribution in [0.3, 0.4) is 0 Å². The quantitative estimate of drug-likeness (QED) is 0.695. The number of fused-ring (bicyclic) bond motifs is 1. The first kappa shape index (κ1) is 16.1. The summed E-state index contributed by atoms with van der Waals surface area (Å²) in [4.78, 5) is 32.7. The molecule has 0 aliphatic carbocycles. The van der Waals surface area contributed by atoms with Gasteiger partial charge >= 0.3 is 0 Å². The molecule has 8 nitrogen and oxygen atoms in total. The Morgan fingerprint density at radius 1 is 1.24 bits per heavy atom. The molecule has 0 saturated heterocycles. The van der Waals surface area contributed by atoms with Gasteiger partial charge in [-0.3, -0.25) is 9.59 Å². The van der Waals surface area contributed by atoms with Crippen LogP contribution in [0.15, 0.2) is 36.5 Å². The smallest absolute Gasteiger partial charge is 0.295 e. The van der Waals surface area contributed by atoms with Crippen LogP contribution < -0.4 is 10.6 Å². The molecule has 2 heterocycles. The summed E-state index contributed by atoms with van der Waals surface area (Å²) in [5.74, 6) is 1.69. The molecule has 0 bridgehead atoms. The lowest BCUT2D eigenvalue weighted by molar-refractivity contribution is 0.0959. The summed E-state index contributed by atoms with van der Waals surface area (Å²) >= 11 is 0. The van der Waals surface area contributed by atoms with E-state index in [1.807, 2.05) is 6.92 Å². The van der Waals surface area contributed by atoms with E-state index < -0.39 is 5.91 Å². The molecule has 0 spiro atoms. The normalized spacial score (nSPS) is 10.2. The Morgan fingerprint density at radius 2 is 2.04 bits per heavy atom. The van der Waals surface area contributed by atoms with Gasteiger partial charge < -0.3 is 10.6 Å². The molecule has 0 saturated carbocycles. The van der Waals surface area contributed by atoms with Gasteiger partial charge in [0.25, 0.3) is 17.6 Å². The minimum Gasteiger partial charge on any atom is -0.341 e. The van der Waals surface area contributed by atoms with E-state index in [0.29, 0.717) is 17.0 Å². The van der Waals surface area contributed by atoms with Crippen molar-refractivity contribution in [3.63, 3.8) is 0 Å².